The van der Waals surface area contributed by atoms with Gasteiger partial charge in [-0.25, -0.2) is 0 Å². The lowest BCUT2D eigenvalue weighted by Gasteiger charge is -2.18. The fourth-order valence-electron chi connectivity index (χ4n) is 2.33. The van der Waals surface area contributed by atoms with Crippen molar-refractivity contribution in [2.24, 2.45) is 0 Å². The minimum atomic E-state index is -0.856. The molecule has 4 nitrogen and oxygen atoms in total. The molecule has 0 fully saturated rings. The zero-order valence-corrected chi connectivity index (χ0v) is 11.1. The Hall–Kier alpha value is -1.32. The molecule has 0 aromatic carbocycles. The maximum absolute atomic E-state index is 11.8. The number of amides is 1. The Morgan fingerprint density at radius 1 is 1.44 bits per heavy atom. The zero-order chi connectivity index (χ0) is 13.4. The molecule has 0 bridgehead atoms. The fourth-order valence-corrected chi connectivity index (χ4v) is 2.33. The molecular weight excluding hydrogens is 230 g/mol. The quantitative estimate of drug-likeness (QED) is 0.685. The highest BCUT2D eigenvalue weighted by Gasteiger charge is 2.16. The average Bonchev–Trinajstić information content (AvgIpc) is 2.29. The number of hydrogen-bond acceptors (Lipinski definition) is 2. The summed E-state index contributed by atoms with van der Waals surface area (Å²) in [6, 6.07) is -0.232. The van der Waals surface area contributed by atoms with E-state index in [1.54, 1.807) is 0 Å². The first-order valence-electron chi connectivity index (χ1n) is 6.81. The molecule has 0 saturated carbocycles. The number of aliphatic carboxylic acids is 1. The van der Waals surface area contributed by atoms with Crippen LogP contribution in [-0.4, -0.2) is 23.0 Å². The summed E-state index contributed by atoms with van der Waals surface area (Å²) in [4.78, 5) is 22.5. The number of allylic oxidation sites excluding steroid dienone is 1. The zero-order valence-electron chi connectivity index (χ0n) is 11.1. The van der Waals surface area contributed by atoms with Crippen molar-refractivity contribution < 1.29 is 14.7 Å². The molecule has 1 aliphatic rings. The third-order valence-corrected chi connectivity index (χ3v) is 3.20. The molecule has 1 aliphatic carbocycles. The maximum Gasteiger partial charge on any atom is 0.305 e. The monoisotopic (exact) mass is 253 g/mol. The Labute approximate surface area is 108 Å². The Morgan fingerprint density at radius 2 is 2.22 bits per heavy atom. The number of nitrogens with one attached hydrogen (secondary N) is 1. The van der Waals surface area contributed by atoms with Crippen LogP contribution < -0.4 is 5.32 Å². The number of carbonyl (C=O) groups is 2. The first kappa shape index (κ1) is 14.7. The van der Waals surface area contributed by atoms with Crippen molar-refractivity contribution in [1.29, 1.82) is 0 Å². The summed E-state index contributed by atoms with van der Waals surface area (Å²) in [6.45, 7) is 1.99. The van der Waals surface area contributed by atoms with Gasteiger partial charge in [0.1, 0.15) is 0 Å². The fraction of sp³-hybridized carbons (Fsp3) is 0.714. The molecule has 0 heterocycles. The Bertz CT molecular complexity index is 323. The lowest BCUT2D eigenvalue weighted by Crippen LogP contribution is -2.36. The first-order valence-corrected chi connectivity index (χ1v) is 6.81. The second kappa shape index (κ2) is 7.90. The highest BCUT2D eigenvalue weighted by Crippen LogP contribution is 2.20. The van der Waals surface area contributed by atoms with Gasteiger partial charge in [-0.1, -0.05) is 25.0 Å². The molecule has 0 radical (unpaired) electrons. The van der Waals surface area contributed by atoms with Crippen molar-refractivity contribution in [3.05, 3.63) is 11.6 Å². The van der Waals surface area contributed by atoms with Gasteiger partial charge in [-0.15, -0.1) is 0 Å². The van der Waals surface area contributed by atoms with Crippen LogP contribution in [0.25, 0.3) is 0 Å². The first-order chi connectivity index (χ1) is 8.61. The molecule has 0 saturated heterocycles. The van der Waals surface area contributed by atoms with Crippen LogP contribution in [0.15, 0.2) is 11.6 Å². The standard InChI is InChI=1S/C14H23NO3/c1-2-6-12(10-14(17)18)15-13(16)9-11-7-4-3-5-8-11/h7,12H,2-6,8-10H2,1H3,(H,15,16)(H,17,18). The van der Waals surface area contributed by atoms with Gasteiger partial charge in [0.25, 0.3) is 0 Å². The van der Waals surface area contributed by atoms with E-state index >= 15 is 0 Å². The van der Waals surface area contributed by atoms with Gasteiger partial charge in [0.05, 0.1) is 6.42 Å². The van der Waals surface area contributed by atoms with Gasteiger partial charge in [0.2, 0.25) is 5.91 Å². The van der Waals surface area contributed by atoms with Gasteiger partial charge in [0, 0.05) is 12.5 Å². The molecule has 1 rings (SSSR count). The van der Waals surface area contributed by atoms with E-state index < -0.39 is 5.97 Å². The van der Waals surface area contributed by atoms with Crippen molar-refractivity contribution in [3.8, 4) is 0 Å². The van der Waals surface area contributed by atoms with Crippen LogP contribution in [0.1, 0.15) is 58.3 Å². The van der Waals surface area contributed by atoms with Gasteiger partial charge in [-0.3, -0.25) is 9.59 Å². The largest absolute Gasteiger partial charge is 0.481 e. The molecule has 0 aromatic heterocycles. The number of carboxylic acid groups (broad SMARTS) is 1. The SMILES string of the molecule is CCCC(CC(=O)O)NC(=O)CC1=CCCCC1. The molecule has 2 N–H and O–H groups in total. The summed E-state index contributed by atoms with van der Waals surface area (Å²) in [7, 11) is 0. The molecule has 0 aromatic rings. The van der Waals surface area contributed by atoms with E-state index in [1.807, 2.05) is 6.92 Å². The normalized spacial score (nSPS) is 16.8. The van der Waals surface area contributed by atoms with Crippen LogP contribution in [0.5, 0.6) is 0 Å². The average molecular weight is 253 g/mol. The number of carboxylic acids is 1. The van der Waals surface area contributed by atoms with Gasteiger partial charge in [-0.05, 0) is 32.1 Å². The van der Waals surface area contributed by atoms with Crippen LogP contribution in [0.4, 0.5) is 0 Å². The van der Waals surface area contributed by atoms with E-state index in [-0.39, 0.29) is 18.4 Å². The van der Waals surface area contributed by atoms with E-state index in [0.717, 1.165) is 32.1 Å². The Morgan fingerprint density at radius 3 is 2.78 bits per heavy atom. The van der Waals surface area contributed by atoms with Crippen LogP contribution in [0.3, 0.4) is 0 Å². The highest BCUT2D eigenvalue weighted by molar-refractivity contribution is 5.79. The van der Waals surface area contributed by atoms with Crippen molar-refractivity contribution >= 4 is 11.9 Å². The second-order valence-electron chi connectivity index (χ2n) is 4.94. The summed E-state index contributed by atoms with van der Waals surface area (Å²) >= 11 is 0. The predicted molar refractivity (Wildman–Crippen MR) is 70.3 cm³/mol. The van der Waals surface area contributed by atoms with Crippen molar-refractivity contribution in [2.75, 3.05) is 0 Å². The Kier molecular flexibility index (Phi) is 6.47. The summed E-state index contributed by atoms with van der Waals surface area (Å²) in [5.41, 5.74) is 1.20. The topological polar surface area (TPSA) is 66.4 Å². The third-order valence-electron chi connectivity index (χ3n) is 3.20. The highest BCUT2D eigenvalue weighted by atomic mass is 16.4. The second-order valence-corrected chi connectivity index (χ2v) is 4.94. The molecule has 1 amide bonds. The number of carbonyl (C=O) groups excluding carboxylic acids is 1. The van der Waals surface area contributed by atoms with Gasteiger partial charge in [0.15, 0.2) is 0 Å². The molecule has 0 spiro atoms. The smallest absolute Gasteiger partial charge is 0.305 e. The lowest BCUT2D eigenvalue weighted by atomic mass is 9.97. The maximum atomic E-state index is 11.8. The van der Waals surface area contributed by atoms with E-state index in [4.69, 9.17) is 5.11 Å². The van der Waals surface area contributed by atoms with Crippen molar-refractivity contribution in [2.45, 2.75) is 64.3 Å². The summed E-state index contributed by atoms with van der Waals surface area (Å²) in [5.74, 6) is -0.895. The molecule has 4 heteroatoms. The lowest BCUT2D eigenvalue weighted by molar-refractivity contribution is -0.137. The van der Waals surface area contributed by atoms with Gasteiger partial charge in [-0.2, -0.15) is 0 Å². The minimum Gasteiger partial charge on any atom is -0.481 e. The summed E-state index contributed by atoms with van der Waals surface area (Å²) in [6.07, 6.45) is 8.63. The molecular formula is C14H23NO3. The van der Waals surface area contributed by atoms with Gasteiger partial charge < -0.3 is 10.4 Å². The molecule has 102 valence electrons. The third kappa shape index (κ3) is 5.84. The van der Waals surface area contributed by atoms with Crippen LogP contribution in [-0.2, 0) is 9.59 Å². The molecule has 1 unspecified atom stereocenters. The van der Waals surface area contributed by atoms with E-state index in [0.29, 0.717) is 6.42 Å². The minimum absolute atomic E-state index is 0.0125. The Balaban J connectivity index is 2.39. The van der Waals surface area contributed by atoms with Crippen LogP contribution >= 0.6 is 0 Å². The number of hydrogen-bond donors (Lipinski definition) is 2. The predicted octanol–water partition coefficient (Wildman–Crippen LogP) is 2.64. The summed E-state index contributed by atoms with van der Waals surface area (Å²) < 4.78 is 0. The van der Waals surface area contributed by atoms with Crippen LogP contribution in [0, 0.1) is 0 Å². The molecule has 0 aliphatic heterocycles. The summed E-state index contributed by atoms with van der Waals surface area (Å²) in [5, 5.41) is 11.6. The molecule has 18 heavy (non-hydrogen) atoms. The molecule has 1 atom stereocenters. The van der Waals surface area contributed by atoms with Crippen LogP contribution in [0.2, 0.25) is 0 Å². The van der Waals surface area contributed by atoms with Crippen molar-refractivity contribution in [1.82, 2.24) is 5.32 Å². The van der Waals surface area contributed by atoms with E-state index in [9.17, 15) is 9.59 Å². The number of rotatable bonds is 7. The van der Waals surface area contributed by atoms with Crippen molar-refractivity contribution in [3.63, 3.8) is 0 Å². The van der Waals surface area contributed by atoms with E-state index in [2.05, 4.69) is 11.4 Å². The van der Waals surface area contributed by atoms with E-state index in [1.165, 1.54) is 12.0 Å². The van der Waals surface area contributed by atoms with Gasteiger partial charge >= 0.3 is 5.97 Å².